The Hall–Kier alpha value is -2.79. The number of nitrogens with zero attached hydrogens (tertiary/aromatic N) is 3. The van der Waals surface area contributed by atoms with Crippen LogP contribution in [0, 0.1) is 6.92 Å². The number of benzene rings is 2. The fraction of sp³-hybridized carbons (Fsp3) is 0.360. The van der Waals surface area contributed by atoms with E-state index in [4.69, 9.17) is 9.29 Å². The lowest BCUT2D eigenvalue weighted by Gasteiger charge is -2.35. The van der Waals surface area contributed by atoms with E-state index in [1.54, 1.807) is 23.5 Å². The number of aryl methyl sites for hydroxylation is 1. The van der Waals surface area contributed by atoms with E-state index >= 15 is 0 Å². The fourth-order valence-electron chi connectivity index (χ4n) is 4.87. The average Bonchev–Trinajstić information content (AvgIpc) is 3.52. The molecule has 0 aliphatic carbocycles. The van der Waals surface area contributed by atoms with Crippen molar-refractivity contribution in [1.82, 2.24) is 20.1 Å². The molecule has 6 rings (SSSR count). The summed E-state index contributed by atoms with van der Waals surface area (Å²) in [6, 6.07) is 15.7. The monoisotopic (exact) mass is 512 g/mol. The van der Waals surface area contributed by atoms with Crippen LogP contribution in [0.4, 0.5) is 0 Å². The van der Waals surface area contributed by atoms with Crippen LogP contribution in [0.3, 0.4) is 0 Å². The van der Waals surface area contributed by atoms with Crippen LogP contribution in [-0.4, -0.2) is 58.3 Å². The molecule has 2 aliphatic rings. The number of fused-ring (bicyclic) bond motifs is 3. The second-order valence-corrected chi connectivity index (χ2v) is 11.6. The molecule has 2 unspecified atom stereocenters. The van der Waals surface area contributed by atoms with Gasteiger partial charge in [-0.3, -0.25) is 4.55 Å². The van der Waals surface area contributed by atoms with Crippen LogP contribution in [0.5, 0.6) is 5.19 Å². The topological polar surface area (TPSA) is 108 Å². The van der Waals surface area contributed by atoms with Crippen LogP contribution in [0.2, 0.25) is 0 Å². The highest BCUT2D eigenvalue weighted by Gasteiger charge is 2.39. The van der Waals surface area contributed by atoms with Crippen LogP contribution in [-0.2, 0) is 10.1 Å². The van der Waals surface area contributed by atoms with E-state index in [-0.39, 0.29) is 11.0 Å². The molecule has 0 radical (unpaired) electrons. The van der Waals surface area contributed by atoms with E-state index in [2.05, 4.69) is 51.4 Å². The van der Waals surface area contributed by atoms with E-state index in [0.29, 0.717) is 17.3 Å². The summed E-state index contributed by atoms with van der Waals surface area (Å²) >= 11 is 1.54. The Balaban J connectivity index is 0.000000195. The molecule has 2 saturated heterocycles. The van der Waals surface area contributed by atoms with Crippen molar-refractivity contribution in [2.45, 2.75) is 55.7 Å². The van der Waals surface area contributed by atoms with Crippen molar-refractivity contribution in [1.29, 1.82) is 0 Å². The molecule has 10 heteroatoms. The smallest absolute Gasteiger partial charge is 0.294 e. The second-order valence-electron chi connectivity index (χ2n) is 9.20. The van der Waals surface area contributed by atoms with Crippen molar-refractivity contribution in [2.75, 3.05) is 7.05 Å². The van der Waals surface area contributed by atoms with Gasteiger partial charge < -0.3 is 14.6 Å². The summed E-state index contributed by atoms with van der Waals surface area (Å²) in [6.07, 6.45) is 7.06. The summed E-state index contributed by atoms with van der Waals surface area (Å²) in [6.45, 7) is 1.84. The summed E-state index contributed by atoms with van der Waals surface area (Å²) in [5.74, 6) is 0. The largest absolute Gasteiger partial charge is 0.465 e. The summed E-state index contributed by atoms with van der Waals surface area (Å²) in [5.41, 5.74) is 3.16. The first-order valence-electron chi connectivity index (χ1n) is 11.6. The van der Waals surface area contributed by atoms with Crippen molar-refractivity contribution in [3.63, 3.8) is 0 Å². The maximum atomic E-state index is 10.5. The van der Waals surface area contributed by atoms with Crippen molar-refractivity contribution < 1.29 is 17.7 Å². The van der Waals surface area contributed by atoms with Crippen LogP contribution in [0.1, 0.15) is 31.2 Å². The molecule has 2 bridgehead atoms. The molecule has 2 aromatic carbocycles. The van der Waals surface area contributed by atoms with Gasteiger partial charge >= 0.3 is 0 Å². The minimum absolute atomic E-state index is 0.0666. The highest BCUT2D eigenvalue weighted by molar-refractivity contribution is 7.85. The SMILES string of the molecule is CN1C2CCC1CC(Oc1nnc(-c3ccc4cc[nH]c4c3)s1)C2.Cc1ccc(S(=O)(=O)O)cc1. The summed E-state index contributed by atoms with van der Waals surface area (Å²) in [4.78, 5) is 5.70. The van der Waals surface area contributed by atoms with Gasteiger partial charge in [0, 0.05) is 29.4 Å². The number of aromatic amines is 1. The third kappa shape index (κ3) is 5.40. The molecular weight excluding hydrogens is 484 g/mol. The molecule has 0 amide bonds. The number of hydrogen-bond acceptors (Lipinski definition) is 7. The van der Waals surface area contributed by atoms with Crippen LogP contribution < -0.4 is 4.74 Å². The lowest BCUT2D eigenvalue weighted by molar-refractivity contribution is 0.0655. The first-order chi connectivity index (χ1) is 16.8. The average molecular weight is 513 g/mol. The molecule has 2 fully saturated rings. The Kier molecular flexibility index (Phi) is 6.63. The molecule has 0 saturated carbocycles. The molecule has 4 heterocycles. The minimum atomic E-state index is -4.02. The number of ether oxygens (including phenoxy) is 1. The second kappa shape index (κ2) is 9.69. The summed E-state index contributed by atoms with van der Waals surface area (Å²) in [5, 5.41) is 11.4. The molecule has 4 aromatic rings. The predicted molar refractivity (Wildman–Crippen MR) is 136 cm³/mol. The van der Waals surface area contributed by atoms with Gasteiger partial charge in [0.05, 0.1) is 4.90 Å². The number of nitrogens with one attached hydrogen (secondary N) is 1. The lowest BCUT2D eigenvalue weighted by atomic mass is 10.0. The highest BCUT2D eigenvalue weighted by atomic mass is 32.2. The molecule has 8 nitrogen and oxygen atoms in total. The molecule has 2 atom stereocenters. The first-order valence-corrected chi connectivity index (χ1v) is 13.9. The van der Waals surface area contributed by atoms with Gasteiger partial charge in [0.1, 0.15) is 6.10 Å². The van der Waals surface area contributed by atoms with E-state index < -0.39 is 10.1 Å². The lowest BCUT2D eigenvalue weighted by Crippen LogP contribution is -2.43. The van der Waals surface area contributed by atoms with E-state index in [9.17, 15) is 8.42 Å². The Morgan fingerprint density at radius 2 is 1.77 bits per heavy atom. The quantitative estimate of drug-likeness (QED) is 0.373. The molecule has 2 aliphatic heterocycles. The van der Waals surface area contributed by atoms with Crippen molar-refractivity contribution in [3.8, 4) is 15.8 Å². The van der Waals surface area contributed by atoms with Gasteiger partial charge in [-0.15, -0.1) is 5.10 Å². The summed E-state index contributed by atoms with van der Waals surface area (Å²) < 4.78 is 35.7. The van der Waals surface area contributed by atoms with Gasteiger partial charge in [0.25, 0.3) is 15.3 Å². The zero-order valence-electron chi connectivity index (χ0n) is 19.6. The Bertz CT molecular complexity index is 1400. The van der Waals surface area contributed by atoms with Crippen LogP contribution in [0.15, 0.2) is 59.6 Å². The van der Waals surface area contributed by atoms with Gasteiger partial charge in [0.15, 0.2) is 5.01 Å². The molecule has 0 spiro atoms. The Morgan fingerprint density at radius 1 is 1.06 bits per heavy atom. The van der Waals surface area contributed by atoms with Gasteiger partial charge in [-0.05, 0) is 69.3 Å². The van der Waals surface area contributed by atoms with Crippen molar-refractivity contribution in [2.24, 2.45) is 0 Å². The first kappa shape index (κ1) is 23.9. The van der Waals surface area contributed by atoms with Crippen molar-refractivity contribution in [3.05, 3.63) is 60.3 Å². The fourth-order valence-corrected chi connectivity index (χ4v) is 6.10. The Labute approximate surface area is 208 Å². The number of aromatic nitrogens is 3. The number of rotatable bonds is 4. The third-order valence-corrected chi connectivity index (χ3v) is 8.58. The van der Waals surface area contributed by atoms with Crippen LogP contribution in [0.25, 0.3) is 21.5 Å². The highest BCUT2D eigenvalue weighted by Crippen LogP contribution is 2.37. The standard InChI is InChI=1S/C18H20N4OS.C7H8O3S/c1-22-13-4-5-14(22)10-15(9-13)23-18-21-20-17(24-18)12-3-2-11-6-7-19-16(11)8-12;1-6-2-4-7(5-3-6)11(8,9)10/h2-3,6-8,13-15,19H,4-5,9-10H2,1H3;2-5H,1H3,(H,8,9,10). The van der Waals surface area contributed by atoms with Gasteiger partial charge in [0.2, 0.25) is 0 Å². The third-order valence-electron chi connectivity index (χ3n) is 6.85. The molecule has 184 valence electrons. The minimum Gasteiger partial charge on any atom is -0.465 e. The normalized spacial score (nSPS) is 22.1. The van der Waals surface area contributed by atoms with Gasteiger partial charge in [-0.1, -0.05) is 46.3 Å². The zero-order chi connectivity index (χ0) is 24.6. The van der Waals surface area contributed by atoms with E-state index in [1.807, 2.05) is 13.1 Å². The maximum absolute atomic E-state index is 10.5. The number of hydrogen-bond donors (Lipinski definition) is 2. The van der Waals surface area contributed by atoms with E-state index in [0.717, 1.165) is 34.5 Å². The summed E-state index contributed by atoms with van der Waals surface area (Å²) in [7, 11) is -1.77. The molecular formula is C25H28N4O4S2. The molecule has 2 N–H and O–H groups in total. The molecule has 35 heavy (non-hydrogen) atoms. The van der Waals surface area contributed by atoms with Crippen molar-refractivity contribution >= 4 is 32.4 Å². The van der Waals surface area contributed by atoms with Gasteiger partial charge in [-0.2, -0.15) is 8.42 Å². The maximum Gasteiger partial charge on any atom is 0.294 e. The molecule has 2 aromatic heterocycles. The Morgan fingerprint density at radius 3 is 2.46 bits per heavy atom. The van der Waals surface area contributed by atoms with E-state index in [1.165, 1.54) is 30.4 Å². The number of H-pyrrole nitrogens is 1. The predicted octanol–water partition coefficient (Wildman–Crippen LogP) is 4.93. The van der Waals surface area contributed by atoms with Gasteiger partial charge in [-0.25, -0.2) is 0 Å². The number of piperidine rings is 1. The zero-order valence-corrected chi connectivity index (χ0v) is 21.2. The van der Waals surface area contributed by atoms with Crippen LogP contribution >= 0.6 is 11.3 Å².